The van der Waals surface area contributed by atoms with Crippen molar-refractivity contribution < 1.29 is 23.8 Å². The molecule has 0 N–H and O–H groups in total. The number of benzene rings is 3. The first-order valence-corrected chi connectivity index (χ1v) is 13.3. The van der Waals surface area contributed by atoms with Crippen LogP contribution in [0.1, 0.15) is 73.7 Å². The van der Waals surface area contributed by atoms with Gasteiger partial charge in [-0.05, 0) is 90.3 Å². The molecule has 5 nitrogen and oxygen atoms in total. The summed E-state index contributed by atoms with van der Waals surface area (Å²) in [7, 11) is 0. The summed E-state index contributed by atoms with van der Waals surface area (Å²) in [5.41, 5.74) is 1.87. The number of esters is 2. The highest BCUT2D eigenvalue weighted by atomic mass is 16.5. The minimum atomic E-state index is -0.445. The molecule has 5 heteroatoms. The maximum absolute atomic E-state index is 12.7. The van der Waals surface area contributed by atoms with Crippen LogP contribution in [0.5, 0.6) is 11.5 Å². The summed E-state index contributed by atoms with van der Waals surface area (Å²) in [4.78, 5) is 23.7. The van der Waals surface area contributed by atoms with Crippen molar-refractivity contribution in [2.24, 2.45) is 5.92 Å². The lowest BCUT2D eigenvalue weighted by molar-refractivity contribution is -0.137. The van der Waals surface area contributed by atoms with Crippen LogP contribution in [0.3, 0.4) is 0 Å². The Balaban J connectivity index is 1.29. The molecule has 1 saturated carbocycles. The molecule has 0 amide bonds. The summed E-state index contributed by atoms with van der Waals surface area (Å²) in [6.07, 6.45) is 9.58. The number of carbonyl (C=O) groups excluding carboxylic acids is 2. The van der Waals surface area contributed by atoms with E-state index in [0.717, 1.165) is 17.4 Å². The molecule has 37 heavy (non-hydrogen) atoms. The zero-order valence-corrected chi connectivity index (χ0v) is 21.6. The van der Waals surface area contributed by atoms with Gasteiger partial charge in [-0.2, -0.15) is 0 Å². The van der Waals surface area contributed by atoms with Gasteiger partial charge in [0.15, 0.2) is 0 Å². The van der Waals surface area contributed by atoms with Crippen molar-refractivity contribution in [3.8, 4) is 11.5 Å². The minimum absolute atomic E-state index is 0.266. The van der Waals surface area contributed by atoms with E-state index >= 15 is 0 Å². The molecule has 4 rings (SSSR count). The summed E-state index contributed by atoms with van der Waals surface area (Å²) in [6.45, 7) is 6.30. The maximum Gasteiger partial charge on any atom is 0.343 e. The van der Waals surface area contributed by atoms with Crippen LogP contribution in [0.15, 0.2) is 73.3 Å². The van der Waals surface area contributed by atoms with Gasteiger partial charge in [-0.25, -0.2) is 9.59 Å². The van der Waals surface area contributed by atoms with Gasteiger partial charge in [0.2, 0.25) is 0 Å². The zero-order valence-electron chi connectivity index (χ0n) is 21.6. The van der Waals surface area contributed by atoms with Gasteiger partial charge in [0.1, 0.15) is 11.5 Å². The highest BCUT2D eigenvalue weighted by Gasteiger charge is 2.22. The summed E-state index contributed by atoms with van der Waals surface area (Å²) in [5, 5.41) is 2.24. The first-order chi connectivity index (χ1) is 18.1. The van der Waals surface area contributed by atoms with Crippen LogP contribution in [0.4, 0.5) is 0 Å². The Labute approximate surface area is 219 Å². The average molecular weight is 501 g/mol. The number of ether oxygens (including phenoxy) is 3. The lowest BCUT2D eigenvalue weighted by Gasteiger charge is -2.28. The number of rotatable bonds is 11. The van der Waals surface area contributed by atoms with Crippen LogP contribution in [-0.4, -0.2) is 25.2 Å². The van der Waals surface area contributed by atoms with Crippen LogP contribution < -0.4 is 9.47 Å². The number of carbonyl (C=O) groups is 2. The molecular formula is C32H36O5. The molecular weight excluding hydrogens is 464 g/mol. The van der Waals surface area contributed by atoms with E-state index in [4.69, 9.17) is 14.2 Å². The maximum atomic E-state index is 12.7. The standard InChI is InChI=1S/C32H36O5/c1-3-6-23-7-9-24(10-8-23)26-11-12-28-22-30(18-15-27(28)21-26)37-32(34)25-13-16-29(17-14-25)35-19-5-20-36-31(33)4-2/h4,11-18,21-24H,2-3,5-10,19-20H2,1H3. The van der Waals surface area contributed by atoms with Crippen LogP contribution in [-0.2, 0) is 9.53 Å². The predicted molar refractivity (Wildman–Crippen MR) is 146 cm³/mol. The smallest absolute Gasteiger partial charge is 0.343 e. The van der Waals surface area contributed by atoms with E-state index in [-0.39, 0.29) is 6.61 Å². The largest absolute Gasteiger partial charge is 0.493 e. The van der Waals surface area contributed by atoms with Crippen molar-refractivity contribution in [2.75, 3.05) is 13.2 Å². The van der Waals surface area contributed by atoms with Gasteiger partial charge in [-0.3, -0.25) is 0 Å². The Bertz CT molecular complexity index is 1210. The Morgan fingerprint density at radius 3 is 2.32 bits per heavy atom. The fraction of sp³-hybridized carbons (Fsp3) is 0.375. The van der Waals surface area contributed by atoms with Gasteiger partial charge in [-0.15, -0.1) is 0 Å². The molecule has 1 fully saturated rings. The minimum Gasteiger partial charge on any atom is -0.493 e. The van der Waals surface area contributed by atoms with Crippen LogP contribution in [0, 0.1) is 5.92 Å². The molecule has 1 aliphatic rings. The molecule has 1 aliphatic carbocycles. The Hall–Kier alpha value is -3.60. The van der Waals surface area contributed by atoms with Crippen LogP contribution >= 0.6 is 0 Å². The lowest BCUT2D eigenvalue weighted by atomic mass is 9.77. The molecule has 0 aliphatic heterocycles. The number of fused-ring (bicyclic) bond motifs is 1. The van der Waals surface area contributed by atoms with E-state index in [0.29, 0.717) is 36.0 Å². The van der Waals surface area contributed by atoms with E-state index in [9.17, 15) is 9.59 Å². The topological polar surface area (TPSA) is 61.8 Å². The summed E-state index contributed by atoms with van der Waals surface area (Å²) >= 11 is 0. The second-order valence-electron chi connectivity index (χ2n) is 9.76. The molecule has 194 valence electrons. The third-order valence-corrected chi connectivity index (χ3v) is 7.12. The first kappa shape index (κ1) is 26.5. The molecule has 0 heterocycles. The molecule has 3 aromatic rings. The summed E-state index contributed by atoms with van der Waals surface area (Å²) in [5.74, 6) is 1.85. The van der Waals surface area contributed by atoms with E-state index in [2.05, 4.69) is 31.7 Å². The quantitative estimate of drug-likeness (QED) is 0.117. The van der Waals surface area contributed by atoms with Crippen molar-refractivity contribution in [1.29, 1.82) is 0 Å². The van der Waals surface area contributed by atoms with Crippen molar-refractivity contribution in [1.82, 2.24) is 0 Å². The second kappa shape index (κ2) is 13.1. The molecule has 0 spiro atoms. The van der Waals surface area contributed by atoms with Gasteiger partial charge in [0.05, 0.1) is 18.8 Å². The van der Waals surface area contributed by atoms with Gasteiger partial charge < -0.3 is 14.2 Å². The van der Waals surface area contributed by atoms with Crippen molar-refractivity contribution in [3.63, 3.8) is 0 Å². The average Bonchev–Trinajstić information content (AvgIpc) is 2.93. The van der Waals surface area contributed by atoms with E-state index in [1.165, 1.54) is 49.5 Å². The van der Waals surface area contributed by atoms with Crippen molar-refractivity contribution >= 4 is 22.7 Å². The first-order valence-electron chi connectivity index (χ1n) is 13.3. The second-order valence-corrected chi connectivity index (χ2v) is 9.76. The molecule has 0 saturated heterocycles. The molecule has 0 radical (unpaired) electrons. The monoisotopic (exact) mass is 500 g/mol. The highest BCUT2D eigenvalue weighted by Crippen LogP contribution is 2.38. The lowest BCUT2D eigenvalue weighted by Crippen LogP contribution is -2.13. The fourth-order valence-electron chi connectivity index (χ4n) is 5.09. The molecule has 0 atom stereocenters. The van der Waals surface area contributed by atoms with Crippen molar-refractivity contribution in [3.05, 3.63) is 84.4 Å². The Kier molecular flexibility index (Phi) is 9.36. The predicted octanol–water partition coefficient (Wildman–Crippen LogP) is 7.63. The van der Waals surface area contributed by atoms with E-state index in [1.807, 2.05) is 18.2 Å². The fourth-order valence-corrected chi connectivity index (χ4v) is 5.09. The SMILES string of the molecule is C=CC(=O)OCCCOc1ccc(C(=O)Oc2ccc3cc(C4CCC(CCC)CC4)ccc3c2)cc1. The third kappa shape index (κ3) is 7.45. The van der Waals surface area contributed by atoms with Gasteiger partial charge in [0.25, 0.3) is 0 Å². The number of hydrogen-bond acceptors (Lipinski definition) is 5. The highest BCUT2D eigenvalue weighted by molar-refractivity contribution is 5.92. The normalized spacial score (nSPS) is 17.2. The van der Waals surface area contributed by atoms with Gasteiger partial charge in [0, 0.05) is 12.5 Å². The zero-order chi connectivity index (χ0) is 26.0. The van der Waals surface area contributed by atoms with Crippen LogP contribution in [0.25, 0.3) is 10.8 Å². The Morgan fingerprint density at radius 1 is 0.892 bits per heavy atom. The van der Waals surface area contributed by atoms with Gasteiger partial charge >= 0.3 is 11.9 Å². The molecule has 0 aromatic heterocycles. The van der Waals surface area contributed by atoms with E-state index < -0.39 is 11.9 Å². The van der Waals surface area contributed by atoms with Crippen LogP contribution in [0.2, 0.25) is 0 Å². The molecule has 0 unspecified atom stereocenters. The van der Waals surface area contributed by atoms with E-state index in [1.54, 1.807) is 24.3 Å². The molecule has 0 bridgehead atoms. The Morgan fingerprint density at radius 2 is 1.59 bits per heavy atom. The summed E-state index contributed by atoms with van der Waals surface area (Å²) < 4.78 is 16.2. The molecule has 3 aromatic carbocycles. The van der Waals surface area contributed by atoms with Crippen molar-refractivity contribution in [2.45, 2.75) is 57.8 Å². The number of hydrogen-bond donors (Lipinski definition) is 0. The third-order valence-electron chi connectivity index (χ3n) is 7.12. The summed E-state index contributed by atoms with van der Waals surface area (Å²) in [6, 6.07) is 19.3. The van der Waals surface area contributed by atoms with Gasteiger partial charge in [-0.1, -0.05) is 50.6 Å².